The summed E-state index contributed by atoms with van der Waals surface area (Å²) in [7, 11) is 0. The van der Waals surface area contributed by atoms with E-state index in [-0.39, 0.29) is 17.5 Å². The first-order valence-corrected chi connectivity index (χ1v) is 8.76. The zero-order valence-electron chi connectivity index (χ0n) is 14.9. The fourth-order valence-electron chi connectivity index (χ4n) is 2.47. The summed E-state index contributed by atoms with van der Waals surface area (Å²) in [5.74, 6) is 2.56. The van der Waals surface area contributed by atoms with Crippen molar-refractivity contribution in [2.45, 2.75) is 13.3 Å². The zero-order valence-corrected chi connectivity index (χ0v) is 15.7. The van der Waals surface area contributed by atoms with E-state index < -0.39 is 5.82 Å². The van der Waals surface area contributed by atoms with Gasteiger partial charge in [0.05, 0.1) is 16.2 Å². The van der Waals surface area contributed by atoms with Gasteiger partial charge in [-0.25, -0.2) is 14.4 Å². The molecule has 28 heavy (non-hydrogen) atoms. The molecule has 0 fully saturated rings. The summed E-state index contributed by atoms with van der Waals surface area (Å²) in [5, 5.41) is 6.48. The van der Waals surface area contributed by atoms with Crippen LogP contribution in [0.25, 0.3) is 10.9 Å². The third-order valence-corrected chi connectivity index (χ3v) is 4.11. The van der Waals surface area contributed by atoms with E-state index in [2.05, 4.69) is 26.5 Å². The average Bonchev–Trinajstić information content (AvgIpc) is 2.69. The maximum atomic E-state index is 13.4. The number of rotatable bonds is 6. The highest BCUT2D eigenvalue weighted by Gasteiger charge is 2.13. The second-order valence-corrected chi connectivity index (χ2v) is 6.14. The molecule has 6 nitrogen and oxygen atoms in total. The van der Waals surface area contributed by atoms with E-state index in [4.69, 9.17) is 22.8 Å². The standard InChI is InChI=1S/C20H16ClFN4O2/c1-3-7-28-18-10-16-13(9-17(18)26-19(27)4-2)20(24-11-23-16)25-12-5-6-15(22)14(21)8-12/h1,5-6,8-11H,4,7H2,2H3,(H,26,27)(H,23,24,25). The van der Waals surface area contributed by atoms with Crippen LogP contribution in [-0.2, 0) is 4.79 Å². The lowest BCUT2D eigenvalue weighted by molar-refractivity contribution is -0.115. The highest BCUT2D eigenvalue weighted by Crippen LogP contribution is 2.33. The predicted molar refractivity (Wildman–Crippen MR) is 107 cm³/mol. The van der Waals surface area contributed by atoms with Crippen molar-refractivity contribution >= 4 is 45.6 Å². The molecule has 1 amide bonds. The molecular formula is C20H16ClFN4O2. The van der Waals surface area contributed by atoms with Crippen LogP contribution in [0.5, 0.6) is 5.75 Å². The number of hydrogen-bond acceptors (Lipinski definition) is 5. The van der Waals surface area contributed by atoms with Crippen LogP contribution >= 0.6 is 11.6 Å². The van der Waals surface area contributed by atoms with E-state index >= 15 is 0 Å². The molecule has 0 aliphatic carbocycles. The van der Waals surface area contributed by atoms with Gasteiger partial charge in [0.15, 0.2) is 0 Å². The van der Waals surface area contributed by atoms with Gasteiger partial charge in [0.1, 0.15) is 30.3 Å². The van der Waals surface area contributed by atoms with Crippen molar-refractivity contribution in [1.82, 2.24) is 9.97 Å². The molecule has 3 aromatic rings. The molecule has 3 rings (SSSR count). The van der Waals surface area contributed by atoms with Crippen molar-refractivity contribution in [2.24, 2.45) is 0 Å². The largest absolute Gasteiger partial charge is 0.479 e. The first-order chi connectivity index (χ1) is 13.5. The van der Waals surface area contributed by atoms with Gasteiger partial charge in [-0.15, -0.1) is 6.42 Å². The quantitative estimate of drug-likeness (QED) is 0.597. The summed E-state index contributed by atoms with van der Waals surface area (Å²) in [5.41, 5.74) is 1.58. The van der Waals surface area contributed by atoms with Crippen LogP contribution < -0.4 is 15.4 Å². The number of fused-ring (bicyclic) bond motifs is 1. The summed E-state index contributed by atoms with van der Waals surface area (Å²) >= 11 is 5.84. The Morgan fingerprint density at radius 2 is 2.14 bits per heavy atom. The van der Waals surface area contributed by atoms with Gasteiger partial charge >= 0.3 is 0 Å². The van der Waals surface area contributed by atoms with Crippen molar-refractivity contribution in [3.8, 4) is 18.1 Å². The summed E-state index contributed by atoms with van der Waals surface area (Å²) < 4.78 is 18.9. The van der Waals surface area contributed by atoms with E-state index in [1.807, 2.05) is 0 Å². The van der Waals surface area contributed by atoms with E-state index in [1.54, 1.807) is 25.1 Å². The topological polar surface area (TPSA) is 76.1 Å². The molecule has 1 heterocycles. The lowest BCUT2D eigenvalue weighted by Crippen LogP contribution is -2.11. The minimum atomic E-state index is -0.514. The van der Waals surface area contributed by atoms with Gasteiger partial charge in [0.25, 0.3) is 0 Å². The number of carbonyl (C=O) groups is 1. The van der Waals surface area contributed by atoms with Crippen molar-refractivity contribution in [3.63, 3.8) is 0 Å². The molecule has 0 unspecified atom stereocenters. The number of nitrogens with one attached hydrogen (secondary N) is 2. The molecule has 0 aliphatic rings. The van der Waals surface area contributed by atoms with Gasteiger partial charge in [-0.1, -0.05) is 24.4 Å². The van der Waals surface area contributed by atoms with Crippen molar-refractivity contribution in [2.75, 3.05) is 17.2 Å². The lowest BCUT2D eigenvalue weighted by atomic mass is 10.1. The SMILES string of the molecule is C#CCOc1cc2ncnc(Nc3ccc(F)c(Cl)c3)c2cc1NC(=O)CC. The molecule has 0 bridgehead atoms. The van der Waals surface area contributed by atoms with E-state index in [1.165, 1.54) is 18.5 Å². The molecule has 0 saturated carbocycles. The van der Waals surface area contributed by atoms with Crippen molar-refractivity contribution < 1.29 is 13.9 Å². The van der Waals surface area contributed by atoms with Crippen LogP contribution in [0.2, 0.25) is 5.02 Å². The molecule has 1 aromatic heterocycles. The van der Waals surface area contributed by atoms with Gasteiger partial charge in [0, 0.05) is 23.6 Å². The smallest absolute Gasteiger partial charge is 0.224 e. The number of amides is 1. The number of hydrogen-bond donors (Lipinski definition) is 2. The Balaban J connectivity index is 2.06. The molecule has 142 valence electrons. The Labute approximate surface area is 166 Å². The molecule has 0 saturated heterocycles. The molecule has 0 atom stereocenters. The van der Waals surface area contributed by atoms with Crippen LogP contribution in [0.4, 0.5) is 21.6 Å². The predicted octanol–water partition coefficient (Wildman–Crippen LogP) is 4.53. The first-order valence-electron chi connectivity index (χ1n) is 8.38. The van der Waals surface area contributed by atoms with Crippen molar-refractivity contribution in [3.05, 3.63) is 47.5 Å². The Morgan fingerprint density at radius 3 is 2.86 bits per heavy atom. The van der Waals surface area contributed by atoms with Crippen LogP contribution in [0.15, 0.2) is 36.7 Å². The minimum absolute atomic E-state index is 0.00997. The third kappa shape index (κ3) is 4.30. The fraction of sp³-hybridized carbons (Fsp3) is 0.150. The summed E-state index contributed by atoms with van der Waals surface area (Å²) in [6.45, 7) is 1.79. The monoisotopic (exact) mass is 398 g/mol. The number of halogens is 2. The summed E-state index contributed by atoms with van der Waals surface area (Å²) in [6.07, 6.45) is 6.95. The van der Waals surface area contributed by atoms with Crippen LogP contribution in [0.1, 0.15) is 13.3 Å². The second kappa shape index (κ2) is 8.55. The van der Waals surface area contributed by atoms with Gasteiger partial charge < -0.3 is 15.4 Å². The molecule has 2 aromatic carbocycles. The minimum Gasteiger partial charge on any atom is -0.479 e. The normalized spacial score (nSPS) is 10.4. The second-order valence-electron chi connectivity index (χ2n) is 5.74. The summed E-state index contributed by atoms with van der Waals surface area (Å²) in [6, 6.07) is 7.62. The van der Waals surface area contributed by atoms with Crippen LogP contribution in [-0.4, -0.2) is 22.5 Å². The lowest BCUT2D eigenvalue weighted by Gasteiger charge is -2.14. The van der Waals surface area contributed by atoms with Gasteiger partial charge in [-0.3, -0.25) is 4.79 Å². The Hall–Kier alpha value is -3.37. The molecule has 0 radical (unpaired) electrons. The Kier molecular flexibility index (Phi) is 5.92. The average molecular weight is 399 g/mol. The van der Waals surface area contributed by atoms with E-state index in [0.29, 0.717) is 40.3 Å². The number of carbonyl (C=O) groups excluding carboxylic acids is 1. The highest BCUT2D eigenvalue weighted by atomic mass is 35.5. The maximum Gasteiger partial charge on any atom is 0.224 e. The van der Waals surface area contributed by atoms with Gasteiger partial charge in [-0.05, 0) is 24.3 Å². The molecule has 0 aliphatic heterocycles. The summed E-state index contributed by atoms with van der Waals surface area (Å²) in [4.78, 5) is 20.4. The highest BCUT2D eigenvalue weighted by molar-refractivity contribution is 6.31. The first kappa shape index (κ1) is 19.4. The number of benzene rings is 2. The number of aromatic nitrogens is 2. The van der Waals surface area contributed by atoms with Crippen LogP contribution in [0, 0.1) is 18.2 Å². The molecule has 8 heteroatoms. The van der Waals surface area contributed by atoms with E-state index in [0.717, 1.165) is 0 Å². The molecular weight excluding hydrogens is 383 g/mol. The fourth-order valence-corrected chi connectivity index (χ4v) is 2.65. The Bertz CT molecular complexity index is 1080. The van der Waals surface area contributed by atoms with Crippen molar-refractivity contribution in [1.29, 1.82) is 0 Å². The number of terminal acetylenes is 1. The van der Waals surface area contributed by atoms with Gasteiger partial charge in [0.2, 0.25) is 5.91 Å². The molecule has 0 spiro atoms. The Morgan fingerprint density at radius 1 is 1.32 bits per heavy atom. The van der Waals surface area contributed by atoms with Crippen LogP contribution in [0.3, 0.4) is 0 Å². The number of ether oxygens (including phenoxy) is 1. The van der Waals surface area contributed by atoms with E-state index in [9.17, 15) is 9.18 Å². The number of anilines is 3. The molecule has 2 N–H and O–H groups in total. The third-order valence-electron chi connectivity index (χ3n) is 3.83. The maximum absolute atomic E-state index is 13.4. The zero-order chi connectivity index (χ0) is 20.1. The number of nitrogens with zero attached hydrogens (tertiary/aromatic N) is 2. The van der Waals surface area contributed by atoms with Gasteiger partial charge in [-0.2, -0.15) is 0 Å².